The molecular formula is C21H23N3O4. The number of fused-ring (bicyclic) bond motifs is 1. The van der Waals surface area contributed by atoms with Crippen LogP contribution in [0.2, 0.25) is 0 Å². The molecule has 1 aromatic heterocycles. The van der Waals surface area contributed by atoms with E-state index in [0.29, 0.717) is 47.1 Å². The third-order valence-electron chi connectivity index (χ3n) is 4.18. The highest BCUT2D eigenvalue weighted by molar-refractivity contribution is 5.91. The number of rotatable bonds is 7. The summed E-state index contributed by atoms with van der Waals surface area (Å²) in [4.78, 5) is 29.6. The van der Waals surface area contributed by atoms with Gasteiger partial charge in [-0.3, -0.25) is 14.2 Å². The molecule has 0 unspecified atom stereocenters. The van der Waals surface area contributed by atoms with E-state index in [-0.39, 0.29) is 18.0 Å². The minimum absolute atomic E-state index is 0.125. The van der Waals surface area contributed by atoms with Crippen LogP contribution in [-0.2, 0) is 11.3 Å². The number of nitrogens with zero attached hydrogens (tertiary/aromatic N) is 2. The molecule has 1 N–H and O–H groups in total. The molecule has 0 aliphatic carbocycles. The Morgan fingerprint density at radius 1 is 1.07 bits per heavy atom. The minimum Gasteiger partial charge on any atom is -0.490 e. The Morgan fingerprint density at radius 3 is 2.54 bits per heavy atom. The van der Waals surface area contributed by atoms with Gasteiger partial charge < -0.3 is 14.8 Å². The van der Waals surface area contributed by atoms with E-state index in [1.54, 1.807) is 43.3 Å². The summed E-state index contributed by atoms with van der Waals surface area (Å²) >= 11 is 0. The van der Waals surface area contributed by atoms with Crippen molar-refractivity contribution in [1.29, 1.82) is 0 Å². The fraction of sp³-hybridized carbons (Fsp3) is 0.286. The van der Waals surface area contributed by atoms with Crippen molar-refractivity contribution < 1.29 is 14.3 Å². The highest BCUT2D eigenvalue weighted by Crippen LogP contribution is 2.30. The van der Waals surface area contributed by atoms with E-state index >= 15 is 0 Å². The SMILES string of the molecule is CCOc1ccc(NC(=O)Cn2c(C)nc3ccccc3c2=O)cc1OCC. The van der Waals surface area contributed by atoms with Crippen LogP contribution in [0.1, 0.15) is 19.7 Å². The van der Waals surface area contributed by atoms with Gasteiger partial charge in [-0.2, -0.15) is 0 Å². The zero-order valence-electron chi connectivity index (χ0n) is 16.2. The quantitative estimate of drug-likeness (QED) is 0.680. The molecule has 1 amide bonds. The van der Waals surface area contributed by atoms with E-state index < -0.39 is 0 Å². The standard InChI is InChI=1S/C21H23N3O4/c1-4-27-18-11-10-15(12-19(18)28-5-2)23-20(25)13-24-14(3)22-17-9-7-6-8-16(17)21(24)26/h6-12H,4-5,13H2,1-3H3,(H,23,25). The fourth-order valence-electron chi connectivity index (χ4n) is 2.94. The molecule has 3 rings (SSSR count). The second kappa shape index (κ2) is 8.56. The van der Waals surface area contributed by atoms with Crippen molar-refractivity contribution in [2.75, 3.05) is 18.5 Å². The Hall–Kier alpha value is -3.35. The van der Waals surface area contributed by atoms with E-state index in [4.69, 9.17) is 9.47 Å². The molecule has 3 aromatic rings. The van der Waals surface area contributed by atoms with Crippen molar-refractivity contribution in [3.63, 3.8) is 0 Å². The topological polar surface area (TPSA) is 82.5 Å². The number of nitrogens with one attached hydrogen (secondary N) is 1. The van der Waals surface area contributed by atoms with Crippen LogP contribution in [0.15, 0.2) is 47.3 Å². The first-order chi connectivity index (χ1) is 13.5. The molecule has 0 saturated heterocycles. The summed E-state index contributed by atoms with van der Waals surface area (Å²) in [7, 11) is 0. The highest BCUT2D eigenvalue weighted by Gasteiger charge is 2.13. The molecule has 1 heterocycles. The van der Waals surface area contributed by atoms with Gasteiger partial charge in [0, 0.05) is 11.8 Å². The summed E-state index contributed by atoms with van der Waals surface area (Å²) in [5.74, 6) is 1.34. The van der Waals surface area contributed by atoms with Crippen molar-refractivity contribution in [2.24, 2.45) is 0 Å². The summed E-state index contributed by atoms with van der Waals surface area (Å²) in [6.07, 6.45) is 0. The fourth-order valence-corrected chi connectivity index (χ4v) is 2.94. The average molecular weight is 381 g/mol. The Morgan fingerprint density at radius 2 is 1.79 bits per heavy atom. The Balaban J connectivity index is 1.82. The number of aryl methyl sites for hydroxylation is 1. The number of ether oxygens (including phenoxy) is 2. The van der Waals surface area contributed by atoms with Gasteiger partial charge in [0.2, 0.25) is 5.91 Å². The molecule has 146 valence electrons. The Bertz CT molecular complexity index is 1060. The van der Waals surface area contributed by atoms with Crippen LogP contribution in [0.4, 0.5) is 5.69 Å². The van der Waals surface area contributed by atoms with Gasteiger partial charge in [-0.25, -0.2) is 4.98 Å². The van der Waals surface area contributed by atoms with Crippen molar-refractivity contribution in [1.82, 2.24) is 9.55 Å². The van der Waals surface area contributed by atoms with Gasteiger partial charge in [0.25, 0.3) is 5.56 Å². The van der Waals surface area contributed by atoms with E-state index in [1.165, 1.54) is 4.57 Å². The van der Waals surface area contributed by atoms with Gasteiger partial charge in [0.15, 0.2) is 11.5 Å². The highest BCUT2D eigenvalue weighted by atomic mass is 16.5. The second-order valence-corrected chi connectivity index (χ2v) is 6.14. The number of hydrogen-bond acceptors (Lipinski definition) is 5. The first-order valence-electron chi connectivity index (χ1n) is 9.19. The molecule has 0 spiro atoms. The lowest BCUT2D eigenvalue weighted by atomic mass is 10.2. The zero-order chi connectivity index (χ0) is 20.1. The van der Waals surface area contributed by atoms with Crippen LogP contribution in [0.3, 0.4) is 0 Å². The van der Waals surface area contributed by atoms with Crippen LogP contribution in [-0.4, -0.2) is 28.7 Å². The van der Waals surface area contributed by atoms with Gasteiger partial charge >= 0.3 is 0 Å². The molecule has 0 radical (unpaired) electrons. The maximum Gasteiger partial charge on any atom is 0.261 e. The van der Waals surface area contributed by atoms with Gasteiger partial charge in [0.1, 0.15) is 12.4 Å². The number of carbonyl (C=O) groups excluding carboxylic acids is 1. The van der Waals surface area contributed by atoms with Crippen LogP contribution in [0.25, 0.3) is 10.9 Å². The van der Waals surface area contributed by atoms with Crippen LogP contribution in [0.5, 0.6) is 11.5 Å². The number of carbonyl (C=O) groups is 1. The first-order valence-corrected chi connectivity index (χ1v) is 9.19. The predicted molar refractivity (Wildman–Crippen MR) is 108 cm³/mol. The molecular weight excluding hydrogens is 358 g/mol. The zero-order valence-corrected chi connectivity index (χ0v) is 16.2. The van der Waals surface area contributed by atoms with Crippen LogP contribution < -0.4 is 20.3 Å². The van der Waals surface area contributed by atoms with Crippen molar-refractivity contribution in [3.8, 4) is 11.5 Å². The van der Waals surface area contributed by atoms with Crippen molar-refractivity contribution in [2.45, 2.75) is 27.3 Å². The Kier molecular flexibility index (Phi) is 5.93. The number of aromatic nitrogens is 2. The minimum atomic E-state index is -0.325. The summed E-state index contributed by atoms with van der Waals surface area (Å²) in [6.45, 7) is 6.36. The van der Waals surface area contributed by atoms with Crippen molar-refractivity contribution >= 4 is 22.5 Å². The molecule has 0 aliphatic rings. The molecule has 7 heteroatoms. The summed E-state index contributed by atoms with van der Waals surface area (Å²) in [5.41, 5.74) is 0.950. The number of para-hydroxylation sites is 1. The van der Waals surface area contributed by atoms with Crippen LogP contribution in [0, 0.1) is 6.92 Å². The lowest BCUT2D eigenvalue weighted by Crippen LogP contribution is -2.30. The average Bonchev–Trinajstić information content (AvgIpc) is 2.67. The molecule has 2 aromatic carbocycles. The number of hydrogen-bond donors (Lipinski definition) is 1. The monoisotopic (exact) mass is 381 g/mol. The van der Waals surface area contributed by atoms with Gasteiger partial charge in [-0.05, 0) is 45.0 Å². The van der Waals surface area contributed by atoms with Crippen molar-refractivity contribution in [3.05, 3.63) is 58.6 Å². The van der Waals surface area contributed by atoms with E-state index in [1.807, 2.05) is 19.9 Å². The maximum atomic E-state index is 12.7. The summed E-state index contributed by atoms with van der Waals surface area (Å²) < 4.78 is 12.5. The lowest BCUT2D eigenvalue weighted by molar-refractivity contribution is -0.116. The molecule has 0 saturated carbocycles. The number of anilines is 1. The number of amides is 1. The van der Waals surface area contributed by atoms with E-state index in [9.17, 15) is 9.59 Å². The molecule has 0 atom stereocenters. The number of benzene rings is 2. The van der Waals surface area contributed by atoms with E-state index in [0.717, 1.165) is 0 Å². The molecule has 0 fully saturated rings. The van der Waals surface area contributed by atoms with Gasteiger partial charge in [-0.1, -0.05) is 12.1 Å². The largest absolute Gasteiger partial charge is 0.490 e. The molecule has 7 nitrogen and oxygen atoms in total. The Labute approximate surface area is 162 Å². The lowest BCUT2D eigenvalue weighted by Gasteiger charge is -2.14. The summed E-state index contributed by atoms with van der Waals surface area (Å²) in [6, 6.07) is 12.3. The normalized spacial score (nSPS) is 10.7. The summed E-state index contributed by atoms with van der Waals surface area (Å²) in [5, 5.41) is 3.29. The smallest absolute Gasteiger partial charge is 0.261 e. The van der Waals surface area contributed by atoms with E-state index in [2.05, 4.69) is 10.3 Å². The first kappa shape index (κ1) is 19.4. The third-order valence-corrected chi connectivity index (χ3v) is 4.18. The second-order valence-electron chi connectivity index (χ2n) is 6.14. The molecule has 0 aliphatic heterocycles. The van der Waals surface area contributed by atoms with Gasteiger partial charge in [-0.15, -0.1) is 0 Å². The maximum absolute atomic E-state index is 12.7. The predicted octanol–water partition coefficient (Wildman–Crippen LogP) is 3.14. The van der Waals surface area contributed by atoms with Gasteiger partial charge in [0.05, 0.1) is 24.1 Å². The third kappa shape index (κ3) is 4.14. The molecule has 0 bridgehead atoms. The molecule has 28 heavy (non-hydrogen) atoms. The van der Waals surface area contributed by atoms with Crippen LogP contribution >= 0.6 is 0 Å².